The van der Waals surface area contributed by atoms with Crippen LogP contribution in [0.4, 0.5) is 0 Å². The second-order valence-electron chi connectivity index (χ2n) is 16.3. The number of benzene rings is 6. The van der Waals surface area contributed by atoms with E-state index in [0.29, 0.717) is 0 Å². The second kappa shape index (κ2) is 24.0. The molecule has 1 heterocycles. The highest BCUT2D eigenvalue weighted by Crippen LogP contribution is 2.34. The number of methoxy groups -OCH3 is 12. The van der Waals surface area contributed by atoms with Gasteiger partial charge in [-0.2, -0.15) is 0 Å². The van der Waals surface area contributed by atoms with Crippen LogP contribution in [0.15, 0.2) is 102 Å². The topological polar surface area (TPSA) is 308 Å². The van der Waals surface area contributed by atoms with Gasteiger partial charge in [-0.15, -0.1) is 0 Å². The Hall–Kier alpha value is -10.3. The van der Waals surface area contributed by atoms with Gasteiger partial charge in [-0.05, 0) is 36.4 Å². The Labute approximate surface area is 440 Å². The summed E-state index contributed by atoms with van der Waals surface area (Å²) < 4.78 is 67.8. The summed E-state index contributed by atoms with van der Waals surface area (Å²) in [6.07, 6.45) is 0. The van der Waals surface area contributed by atoms with Crippen LogP contribution in [0.1, 0.15) is 0 Å². The molecule has 0 aliphatic rings. The molecule has 24 nitrogen and oxygen atoms in total. The van der Waals surface area contributed by atoms with Gasteiger partial charge in [-0.3, -0.25) is 28.8 Å². The maximum atomic E-state index is 14.5. The molecule has 7 aromatic rings. The van der Waals surface area contributed by atoms with Gasteiger partial charge in [0.05, 0.1) is 151 Å². The van der Waals surface area contributed by atoms with E-state index in [1.807, 2.05) is 0 Å². The van der Waals surface area contributed by atoms with Crippen molar-refractivity contribution in [3.8, 4) is 69.0 Å². The molecular weight excluding hydrogens is 1020 g/mol. The summed E-state index contributed by atoms with van der Waals surface area (Å²) in [5, 5.41) is -0.968. The highest BCUT2D eigenvalue weighted by atomic mass is 16.5. The first kappa shape index (κ1) is 55.5. The molecule has 0 unspecified atom stereocenters. The Morgan fingerprint density at radius 2 is 0.333 bits per heavy atom. The Balaban J connectivity index is 1.82. The van der Waals surface area contributed by atoms with E-state index in [2.05, 4.69) is 29.9 Å². The maximum Gasteiger partial charge on any atom is 0.259 e. The van der Waals surface area contributed by atoms with Crippen LogP contribution in [0.2, 0.25) is 0 Å². The summed E-state index contributed by atoms with van der Waals surface area (Å²) in [7, 11) is 15.7. The van der Waals surface area contributed by atoms with Crippen molar-refractivity contribution in [3.63, 3.8) is 0 Å². The van der Waals surface area contributed by atoms with Crippen molar-refractivity contribution in [2.24, 2.45) is 0 Å². The van der Waals surface area contributed by atoms with Crippen LogP contribution >= 0.6 is 0 Å². The number of rotatable bonds is 12. The van der Waals surface area contributed by atoms with E-state index in [1.165, 1.54) is 158 Å². The molecule has 24 heteroatoms. The molecule has 0 fully saturated rings. The lowest BCUT2D eigenvalue weighted by Crippen LogP contribution is -2.11. The molecule has 408 valence electrons. The van der Waals surface area contributed by atoms with Gasteiger partial charge in [0.15, 0.2) is 34.5 Å². The molecule has 7 rings (SSSR count). The second-order valence-corrected chi connectivity index (χ2v) is 16.3. The molecule has 12 bridgehead atoms. The van der Waals surface area contributed by atoms with Gasteiger partial charge in [0.2, 0.25) is 0 Å². The number of hydrogen-bond donors (Lipinski definition) is 6. The average molecular weight is 1080 g/mol. The van der Waals surface area contributed by atoms with Crippen molar-refractivity contribution in [3.05, 3.63) is 135 Å². The van der Waals surface area contributed by atoms with Crippen molar-refractivity contribution < 1.29 is 56.8 Å². The fraction of sp³-hybridized carbons (Fsp3) is 0.222. The Kier molecular flexibility index (Phi) is 17.0. The van der Waals surface area contributed by atoms with Crippen LogP contribution in [0, 0.1) is 0 Å². The predicted octanol–water partition coefficient (Wildman–Crippen LogP) is 5.90. The zero-order chi connectivity index (χ0) is 56.5. The van der Waals surface area contributed by atoms with E-state index in [0.717, 1.165) is 0 Å². The lowest BCUT2D eigenvalue weighted by Gasteiger charge is -2.09. The highest BCUT2D eigenvalue weighted by molar-refractivity contribution is 5.86. The number of fused-ring (bicyclic) bond motifs is 12. The zero-order valence-corrected chi connectivity index (χ0v) is 44.3. The minimum absolute atomic E-state index is 0.0569. The summed E-state index contributed by atoms with van der Waals surface area (Å²) in [5.74, 6) is -0.251. The number of ether oxygens (including phenoxy) is 12. The van der Waals surface area contributed by atoms with Gasteiger partial charge in [0, 0.05) is 36.4 Å². The molecule has 0 saturated carbocycles. The summed E-state index contributed by atoms with van der Waals surface area (Å²) >= 11 is 0. The van der Waals surface area contributed by atoms with Gasteiger partial charge in [-0.25, -0.2) is 0 Å². The van der Waals surface area contributed by atoms with E-state index >= 15 is 0 Å². The summed E-state index contributed by atoms with van der Waals surface area (Å²) in [6, 6.07) is 16.5. The van der Waals surface area contributed by atoms with E-state index < -0.39 is 33.4 Å². The van der Waals surface area contributed by atoms with Crippen LogP contribution in [0.25, 0.3) is 65.4 Å². The van der Waals surface area contributed by atoms with E-state index in [4.69, 9.17) is 56.8 Å². The zero-order valence-electron chi connectivity index (χ0n) is 44.3. The van der Waals surface area contributed by atoms with Crippen molar-refractivity contribution >= 4 is 65.4 Å². The SMILES string of the molecule is COc1cc2[nH]c(=O)c3cc(OC)cc([nH]c(=O)c4cc(OC)cc([nH]c(=O)c5cc(OC)cc([nH]c(=O)c6cc(OC)cc([nH]c(=O)c7cc(OC)cc([nH]c(=O)c(c1)c2OC)c7OC)c6OC)c5OC)c4OC)c3OC. The number of H-pyrrole nitrogens is 6. The first-order chi connectivity index (χ1) is 37.5. The van der Waals surface area contributed by atoms with Gasteiger partial charge >= 0.3 is 0 Å². The first-order valence-corrected chi connectivity index (χ1v) is 23.0. The standard InChI is InChI=1S/C54H54N6O18/c1-67-25-13-31-43(73-7)37(19-25)55-50(62)32-14-26(68-2)21-39(44(32)74-8)57-52(64)34-16-28(70-4)23-41(46(34)76-10)59-54(66)36-18-30(72-6)24-42(48(36)78-12)60-53(65)35-17-29(71-5)22-40(47(35)77-11)58-51(63)33-15-27(69-3)20-38(45(33)75-9)56-49(31)61/h13-24H,1-12H3,(H,55,62)(H,56,61)(H,57,64)(H,58,63)(H,59,66)(H,60,65). The lowest BCUT2D eigenvalue weighted by atomic mass is 10.2. The van der Waals surface area contributed by atoms with Gasteiger partial charge in [0.25, 0.3) is 33.4 Å². The van der Waals surface area contributed by atoms with Crippen molar-refractivity contribution in [2.45, 2.75) is 0 Å². The van der Waals surface area contributed by atoms with Crippen LogP contribution in [-0.2, 0) is 0 Å². The summed E-state index contributed by atoms with van der Waals surface area (Å²) in [4.78, 5) is 104. The summed E-state index contributed by atoms with van der Waals surface area (Å²) in [6.45, 7) is 0. The highest BCUT2D eigenvalue weighted by Gasteiger charge is 2.17. The summed E-state index contributed by atoms with van der Waals surface area (Å²) in [5.41, 5.74) is -5.32. The smallest absolute Gasteiger partial charge is 0.259 e. The Bertz CT molecular complexity index is 3550. The molecule has 0 radical (unpaired) electrons. The molecule has 0 spiro atoms. The van der Waals surface area contributed by atoms with Gasteiger partial charge in [-0.1, -0.05) is 0 Å². The minimum atomic E-state index is -0.830. The maximum absolute atomic E-state index is 14.5. The molecule has 78 heavy (non-hydrogen) atoms. The Morgan fingerprint density at radius 1 is 0.205 bits per heavy atom. The van der Waals surface area contributed by atoms with Crippen LogP contribution in [-0.4, -0.2) is 115 Å². The lowest BCUT2D eigenvalue weighted by molar-refractivity contribution is 0.408. The predicted molar refractivity (Wildman–Crippen MR) is 293 cm³/mol. The third-order valence-electron chi connectivity index (χ3n) is 12.0. The van der Waals surface area contributed by atoms with Crippen molar-refractivity contribution in [1.29, 1.82) is 0 Å². The number of aromatic amines is 6. The monoisotopic (exact) mass is 1070 g/mol. The molecular formula is C54H54N6O18. The normalized spacial score (nSPS) is 10.6. The van der Waals surface area contributed by atoms with E-state index in [1.54, 1.807) is 0 Å². The molecule has 1 aromatic heterocycles. The molecule has 0 atom stereocenters. The average Bonchev–Trinajstić information content (AvgIpc) is 3.51. The number of hydrogen-bond acceptors (Lipinski definition) is 18. The van der Waals surface area contributed by atoms with Crippen LogP contribution < -0.4 is 90.2 Å². The van der Waals surface area contributed by atoms with Crippen molar-refractivity contribution in [1.82, 2.24) is 29.9 Å². The van der Waals surface area contributed by atoms with Crippen molar-refractivity contribution in [2.75, 3.05) is 85.3 Å². The molecule has 0 saturated heterocycles. The largest absolute Gasteiger partial charge is 0.497 e. The molecule has 6 aromatic carbocycles. The fourth-order valence-electron chi connectivity index (χ4n) is 8.35. The molecule has 0 amide bonds. The minimum Gasteiger partial charge on any atom is -0.497 e. The van der Waals surface area contributed by atoms with Gasteiger partial charge < -0.3 is 86.7 Å². The fourth-order valence-corrected chi connectivity index (χ4v) is 8.35. The Morgan fingerprint density at radius 3 is 0.436 bits per heavy atom. The van der Waals surface area contributed by atoms with Crippen LogP contribution in [0.5, 0.6) is 69.0 Å². The van der Waals surface area contributed by atoms with Crippen LogP contribution in [0.3, 0.4) is 0 Å². The molecule has 0 aliphatic heterocycles. The van der Waals surface area contributed by atoms with Gasteiger partial charge in [0.1, 0.15) is 34.5 Å². The molecule has 6 N–H and O–H groups in total. The van der Waals surface area contributed by atoms with E-state index in [9.17, 15) is 28.8 Å². The third-order valence-corrected chi connectivity index (χ3v) is 12.0. The number of aromatic nitrogens is 6. The number of nitrogens with one attached hydrogen (secondary N) is 6. The first-order valence-electron chi connectivity index (χ1n) is 23.0. The quantitative estimate of drug-likeness (QED) is 0.0830. The molecule has 0 aliphatic carbocycles. The van der Waals surface area contributed by atoms with E-state index in [-0.39, 0.29) is 134 Å². The third kappa shape index (κ3) is 11.1.